The minimum absolute atomic E-state index is 0. The molecule has 792 valence electrons. The van der Waals surface area contributed by atoms with Gasteiger partial charge in [-0.1, -0.05) is 80.4 Å². The smallest absolute Gasteiger partial charge is 0.431 e. The molecule has 8 heterocycles. The molecule has 14 unspecified atom stereocenters. The summed E-state index contributed by atoms with van der Waals surface area (Å²) in [7, 11) is 15.4. The van der Waals surface area contributed by atoms with E-state index >= 15 is 0 Å². The van der Waals surface area contributed by atoms with Crippen molar-refractivity contribution in [3.05, 3.63) is 135 Å². The molecule has 4 saturated carbocycles. The number of halogens is 1. The van der Waals surface area contributed by atoms with Crippen LogP contribution in [0.2, 0.25) is 0 Å². The number of amides is 1. The molecule has 46 heteroatoms. The van der Waals surface area contributed by atoms with Gasteiger partial charge in [0.25, 0.3) is 0 Å². The summed E-state index contributed by atoms with van der Waals surface area (Å²) in [4.78, 5) is 104. The number of oxime groups is 2. The molecule has 8 aliphatic rings. The number of nitrogens with one attached hydrogen (secondary N) is 1. The lowest BCUT2D eigenvalue weighted by Gasteiger charge is -2.50. The van der Waals surface area contributed by atoms with E-state index in [9.17, 15) is 69.3 Å². The largest absolute Gasteiger partial charge is 0.506 e. The van der Waals surface area contributed by atoms with Crippen LogP contribution in [0.4, 0.5) is 4.79 Å². The number of methoxy groups -OCH3 is 4. The number of Topliss-reactive ketones (excluding diaryl/α,β-unsaturated/α-hetero) is 2. The molecule has 4 aromatic heterocycles. The van der Waals surface area contributed by atoms with E-state index in [2.05, 4.69) is 80.1 Å². The first-order chi connectivity index (χ1) is 68.3. The number of fused-ring (bicyclic) bond motifs is 4. The zero-order valence-electron chi connectivity index (χ0n) is 82.1. The van der Waals surface area contributed by atoms with Gasteiger partial charge < -0.3 is 138 Å². The highest BCUT2D eigenvalue weighted by Crippen LogP contribution is 2.52. The number of hydrogen-bond donors (Lipinski definition) is 9. The first kappa shape index (κ1) is 114. The average Bonchev–Trinajstić information content (AvgIpc) is 1.36. The fourth-order valence-electron chi connectivity index (χ4n) is 20.7. The van der Waals surface area contributed by atoms with Crippen LogP contribution in [0.5, 0.6) is 46.0 Å². The summed E-state index contributed by atoms with van der Waals surface area (Å²) in [6.45, 7) is 14.2. The van der Waals surface area contributed by atoms with E-state index in [4.69, 9.17) is 114 Å². The van der Waals surface area contributed by atoms with E-state index in [-0.39, 0.29) is 132 Å². The Morgan fingerprint density at radius 2 is 0.722 bits per heavy atom. The second-order valence-electron chi connectivity index (χ2n) is 35.8. The molecule has 0 bridgehead atoms. The minimum Gasteiger partial charge on any atom is -0.506 e. The number of aromatic hydroxyl groups is 4. The Morgan fingerprint density at radius 1 is 0.438 bits per heavy atom. The van der Waals surface area contributed by atoms with Crippen molar-refractivity contribution in [1.82, 2.24) is 5.48 Å². The van der Waals surface area contributed by atoms with Crippen molar-refractivity contribution in [2.24, 2.45) is 22.1 Å². The first-order valence-corrected chi connectivity index (χ1v) is 47.5. The van der Waals surface area contributed by atoms with Crippen molar-refractivity contribution in [2.75, 3.05) is 55.9 Å². The third-order valence-electron chi connectivity index (χ3n) is 27.3. The summed E-state index contributed by atoms with van der Waals surface area (Å²) < 4.78 is 117. The van der Waals surface area contributed by atoms with Gasteiger partial charge in [-0.25, -0.2) is 29.9 Å². The van der Waals surface area contributed by atoms with Gasteiger partial charge in [-0.05, 0) is 155 Å². The van der Waals surface area contributed by atoms with Crippen molar-refractivity contribution >= 4 is 114 Å². The number of benzene rings is 4. The number of nitrogens with two attached hydrogens (primary N) is 1. The zero-order chi connectivity index (χ0) is 104. The molecule has 4 aliphatic carbocycles. The maximum absolute atomic E-state index is 12.7. The first-order valence-electron chi connectivity index (χ1n) is 46.1. The van der Waals surface area contributed by atoms with Gasteiger partial charge >= 0.3 is 28.6 Å². The Kier molecular flexibility index (Phi) is 39.2. The fourth-order valence-corrected chi connectivity index (χ4v) is 21.6. The van der Waals surface area contributed by atoms with E-state index < -0.39 is 160 Å². The Hall–Kier alpha value is -10.3. The van der Waals surface area contributed by atoms with Gasteiger partial charge in [-0.2, -0.15) is 5.48 Å². The predicted octanol–water partition coefficient (Wildman–Crippen LogP) is 12.2. The quantitative estimate of drug-likeness (QED) is 0.00488. The SMILES string of the molecule is C#CCON.C#CCONC(=O)O[C@H]1[C@@H](O)[C@H](Oc2ccc3c(O)c(/C(C)=N/OC)c(=O)oc3c2C)OC2(CCCC2)[C@@H]1OC.CO/N=C(\C)c1c(O)c2ccc(OC3OC4(CCCC4)C(OC)C(O)C3OP)c(C)c2oc1=O.COC1C(O)C(OP)C(Oc2ccc3c(O)c(C(C)=O)c(=O)oc3c2C)OC12CCCC2.COC1[C@@H](C)C(OP)C(Oc2ccc3c(O)c(C(C)=O)c(=O)oc3c2C)OC12CCCC2.Cl.[3HH].[3HH].[3HH]. The minimum atomic E-state index is -1.49. The number of rotatable bonds is 25. The second kappa shape index (κ2) is 49.5. The Balaban J connectivity index is 0.000000234. The monoisotopic (exact) mass is 2100 g/mol. The van der Waals surface area contributed by atoms with E-state index in [0.29, 0.717) is 57.7 Å². The Bertz CT molecular complexity index is 6180. The van der Waals surface area contributed by atoms with Crippen LogP contribution >= 0.6 is 40.8 Å². The highest BCUT2D eigenvalue weighted by Gasteiger charge is 2.62. The number of carbonyl (C=O) groups excluding carboxylic acids is 3. The molecule has 1 amide bonds. The van der Waals surface area contributed by atoms with Gasteiger partial charge in [0.2, 0.25) is 25.2 Å². The van der Waals surface area contributed by atoms with Gasteiger partial charge in [-0.3, -0.25) is 19.3 Å². The van der Waals surface area contributed by atoms with Crippen LogP contribution in [0, 0.1) is 58.3 Å². The molecule has 10 N–H and O–H groups in total. The third-order valence-corrected chi connectivity index (χ3v) is 28.3. The number of ketones is 2. The number of aliphatic hydroxyl groups is 3. The summed E-state index contributed by atoms with van der Waals surface area (Å²) in [6, 6.07) is 12.6. The fraction of sp³-hybridized carbons (Fsp3) is 0.541. The van der Waals surface area contributed by atoms with Gasteiger partial charge in [-0.15, -0.1) is 25.3 Å². The topological polar surface area (TPSA) is 561 Å². The summed E-state index contributed by atoms with van der Waals surface area (Å²) in [6.07, 6.45) is 9.58. The van der Waals surface area contributed by atoms with Crippen LogP contribution in [-0.4, -0.2) is 235 Å². The highest BCUT2D eigenvalue weighted by atomic mass is 35.5. The van der Waals surface area contributed by atoms with Crippen molar-refractivity contribution in [3.8, 4) is 70.7 Å². The standard InChI is InChI=1S/C27H32N2O11.C23H30NO9P.C23H29O8P.C22H27O9P.C3H5NO.ClH.3H2/c1-6-13-36-29-26(33)39-22-20(31)25(40-27(23(22)34-4)11-7-8-12-27)37-17-10-9-16-19(30)18(15(3)28-35-5)24(32)38-21(16)14(17)2;1-11-14(8-7-13-16(25)15(12(2)24-29-4)21(27)31-18(11)13)30-22-19(33-34)17(26)20(28-3)23(32-22)9-5-6-10-23;1-11-15(8-7-14-17(25)16(13(3)24)21(26)29-18(11)14)28-22-19(31-32)12(2)20(27-4)23(30-22)9-5-6-10-23;1-10-13(7-6-12-15(24)14(11(2)23)20(26)29-17(10)12)28-21-18(31-32)16(25)19(27-3)22(30-21)8-4-5-9-22;1-2-3-5-4;;;;/h1,9-10,20,22-23,25,30-31H,7-8,11-13H2,2-5H3,(H,29,33);7-8,17,19-20,22,25-26H,5-6,9-10,34H2,1-4H3;7-8,12,19-20,22,25H,5-6,9-10,32H2,1-4H3;6-7,16,18-19,21,24-25H,4-5,8-9,32H2,1-3H3;1H,3-4H2;4*1H/b28-15+;24-12+;;;;;;;/t20-,22+,23-,25-;;12-,19?,20?,22?;;;;;;/m1.0....../s1/i;;;;;;3*1+2. The van der Waals surface area contributed by atoms with Crippen molar-refractivity contribution in [1.29, 1.82) is 0 Å². The van der Waals surface area contributed by atoms with Crippen molar-refractivity contribution in [2.45, 2.75) is 280 Å². The maximum atomic E-state index is 12.7. The summed E-state index contributed by atoms with van der Waals surface area (Å²) in [5.41, 5.74) is -2.39. The molecule has 19 atom stereocenters. The van der Waals surface area contributed by atoms with E-state index in [1.807, 2.05) is 0 Å². The molecular formula is C98H130ClN4O38P3. The molecule has 0 radical (unpaired) electrons. The lowest BCUT2D eigenvalue weighted by atomic mass is 9.80. The number of carbonyl (C=O) groups is 3. The van der Waals surface area contributed by atoms with Crippen LogP contribution in [-0.2, 0) is 75.6 Å². The van der Waals surface area contributed by atoms with Crippen LogP contribution in [0.1, 0.15) is 196 Å². The molecular weight excluding hydrogens is 1970 g/mol. The van der Waals surface area contributed by atoms with Crippen molar-refractivity contribution in [3.63, 3.8) is 0 Å². The molecule has 144 heavy (non-hydrogen) atoms. The Labute approximate surface area is 844 Å². The number of nitrogens with zero attached hydrogens (tertiary/aromatic N) is 2. The van der Waals surface area contributed by atoms with Gasteiger partial charge in [0, 0.05) is 89.3 Å². The van der Waals surface area contributed by atoms with Crippen LogP contribution in [0.3, 0.4) is 0 Å². The zero-order valence-corrected chi connectivity index (χ0v) is 86.4. The lowest BCUT2D eigenvalue weighted by molar-refractivity contribution is -0.313. The number of hydrogen-bond acceptors (Lipinski definition) is 41. The second-order valence-corrected chi connectivity index (χ2v) is 36.6. The number of ether oxygens (including phenoxy) is 13. The van der Waals surface area contributed by atoms with E-state index in [0.717, 1.165) is 89.9 Å². The normalized spacial score (nSPS) is 25.3. The molecule has 4 saturated heterocycles. The van der Waals surface area contributed by atoms with E-state index in [1.54, 1.807) is 78.3 Å². The lowest BCUT2D eigenvalue weighted by Crippen LogP contribution is -2.66. The summed E-state index contributed by atoms with van der Waals surface area (Å²) >= 11 is 0. The molecule has 4 spiro atoms. The van der Waals surface area contributed by atoms with Gasteiger partial charge in [0.1, 0.15) is 171 Å². The third kappa shape index (κ3) is 23.0. The van der Waals surface area contributed by atoms with Gasteiger partial charge in [0.15, 0.2) is 36.0 Å². The molecule has 16 rings (SSSR count). The maximum Gasteiger partial charge on any atom is 0.431 e. The molecule has 4 aliphatic heterocycles. The number of terminal acetylenes is 2. The number of hydroxylamine groups is 1. The predicted molar refractivity (Wildman–Crippen MR) is 536 cm³/mol. The number of aryl methyl sites for hydroxylation is 4. The molecule has 4 aromatic carbocycles. The average molecular weight is 2110 g/mol. The summed E-state index contributed by atoms with van der Waals surface area (Å²) in [5.74, 6) is 7.65. The van der Waals surface area contributed by atoms with Crippen LogP contribution in [0.25, 0.3) is 43.9 Å². The van der Waals surface area contributed by atoms with Gasteiger partial charge in [0.05, 0.1) is 44.7 Å². The van der Waals surface area contributed by atoms with Crippen LogP contribution < -0.4 is 52.8 Å². The highest BCUT2D eigenvalue weighted by molar-refractivity contribution is 7.10. The van der Waals surface area contributed by atoms with Crippen molar-refractivity contribution < 1.29 is 167 Å². The molecule has 8 fully saturated rings. The number of aliphatic hydroxyl groups excluding tert-OH is 3. The molecule has 42 nitrogen and oxygen atoms in total. The van der Waals surface area contributed by atoms with Crippen LogP contribution in [0.15, 0.2) is 95.7 Å². The molecule has 8 aromatic rings. The Morgan fingerprint density at radius 3 is 1.01 bits per heavy atom. The van der Waals surface area contributed by atoms with E-state index in [1.165, 1.54) is 68.3 Å². The summed E-state index contributed by atoms with van der Waals surface area (Å²) in [5, 5.41) is 84.1.